The van der Waals surface area contributed by atoms with E-state index in [9.17, 15) is 19.2 Å². The highest BCUT2D eigenvalue weighted by Crippen LogP contribution is 2.30. The van der Waals surface area contributed by atoms with Gasteiger partial charge in [0.15, 0.2) is 0 Å². The maximum atomic E-state index is 12.9. The van der Waals surface area contributed by atoms with E-state index in [1.54, 1.807) is 23.1 Å². The fraction of sp³-hybridized carbons (Fsp3) is 0.632. The van der Waals surface area contributed by atoms with Gasteiger partial charge < -0.3 is 33.3 Å². The van der Waals surface area contributed by atoms with Gasteiger partial charge >= 0.3 is 24.0 Å². The van der Waals surface area contributed by atoms with Gasteiger partial charge in [-0.2, -0.15) is 0 Å². The molecule has 0 spiro atoms. The van der Waals surface area contributed by atoms with Gasteiger partial charge in [-0.1, -0.05) is 26.0 Å². The topological polar surface area (TPSA) is 127 Å². The Labute approximate surface area is 291 Å². The molecule has 2 aliphatic rings. The van der Waals surface area contributed by atoms with E-state index in [4.69, 9.17) is 28.4 Å². The predicted molar refractivity (Wildman–Crippen MR) is 184 cm³/mol. The third-order valence-electron chi connectivity index (χ3n) is 8.88. The number of esters is 3. The van der Waals surface area contributed by atoms with Crippen molar-refractivity contribution in [3.8, 4) is 11.5 Å². The van der Waals surface area contributed by atoms with E-state index in [-0.39, 0.29) is 36.0 Å². The summed E-state index contributed by atoms with van der Waals surface area (Å²) < 4.78 is 33.4. The summed E-state index contributed by atoms with van der Waals surface area (Å²) in [5, 5.41) is 0. The van der Waals surface area contributed by atoms with Crippen LogP contribution < -0.4 is 9.47 Å². The van der Waals surface area contributed by atoms with Crippen LogP contribution in [0.2, 0.25) is 0 Å². The Morgan fingerprint density at radius 3 is 1.71 bits per heavy atom. The number of aryl methyl sites for hydroxylation is 1. The van der Waals surface area contributed by atoms with Gasteiger partial charge in [0, 0.05) is 38.5 Å². The molecule has 1 aliphatic carbocycles. The summed E-state index contributed by atoms with van der Waals surface area (Å²) in [5.41, 5.74) is 0.722. The van der Waals surface area contributed by atoms with Gasteiger partial charge in [0.25, 0.3) is 0 Å². The molecular formula is C38H55NO10. The Hall–Kier alpha value is -3.70. The van der Waals surface area contributed by atoms with Gasteiger partial charge in [-0.15, -0.1) is 0 Å². The van der Waals surface area contributed by atoms with Crippen molar-refractivity contribution >= 4 is 24.0 Å². The van der Waals surface area contributed by atoms with Crippen LogP contribution in [0.15, 0.2) is 43.5 Å². The summed E-state index contributed by atoms with van der Waals surface area (Å²) in [6, 6.07) is 5.06. The summed E-state index contributed by atoms with van der Waals surface area (Å²) in [6.45, 7) is 11.9. The quantitative estimate of drug-likeness (QED) is 0.0576. The summed E-state index contributed by atoms with van der Waals surface area (Å²) in [4.78, 5) is 49.5. The predicted octanol–water partition coefficient (Wildman–Crippen LogP) is 7.03. The zero-order valence-corrected chi connectivity index (χ0v) is 29.2. The van der Waals surface area contributed by atoms with Crippen molar-refractivity contribution in [3.05, 3.63) is 49.1 Å². The van der Waals surface area contributed by atoms with E-state index in [0.29, 0.717) is 51.0 Å². The van der Waals surface area contributed by atoms with Gasteiger partial charge in [0.1, 0.15) is 11.5 Å². The van der Waals surface area contributed by atoms with E-state index in [1.165, 1.54) is 12.2 Å². The molecule has 1 saturated carbocycles. The Kier molecular flexibility index (Phi) is 18.5. The second-order valence-corrected chi connectivity index (χ2v) is 12.7. The SMILES string of the molecule is C=CC(=O)OCCCCCCOC1CCC(C(=O)Oc2ccc(OC(=O)N3CCC(OCCCCCCOC(=O)C=C)CC3)cc2C)CC1. The Morgan fingerprint density at radius 1 is 0.694 bits per heavy atom. The van der Waals surface area contributed by atoms with Crippen LogP contribution in [0, 0.1) is 12.8 Å². The molecule has 0 bridgehead atoms. The van der Waals surface area contributed by atoms with Crippen molar-refractivity contribution in [2.24, 2.45) is 5.92 Å². The third-order valence-corrected chi connectivity index (χ3v) is 8.88. The van der Waals surface area contributed by atoms with E-state index < -0.39 is 6.09 Å². The number of hydrogen-bond acceptors (Lipinski definition) is 10. The number of unbranched alkanes of at least 4 members (excludes halogenated alkanes) is 6. The van der Waals surface area contributed by atoms with Crippen LogP contribution in [0.1, 0.15) is 95.5 Å². The number of piperidine rings is 1. The van der Waals surface area contributed by atoms with Crippen LogP contribution in [0.3, 0.4) is 0 Å². The van der Waals surface area contributed by atoms with Crippen LogP contribution in [0.4, 0.5) is 4.79 Å². The van der Waals surface area contributed by atoms with E-state index >= 15 is 0 Å². The zero-order chi connectivity index (χ0) is 35.3. The minimum Gasteiger partial charge on any atom is -0.463 e. The maximum Gasteiger partial charge on any atom is 0.415 e. The smallest absolute Gasteiger partial charge is 0.415 e. The third kappa shape index (κ3) is 15.6. The van der Waals surface area contributed by atoms with Gasteiger partial charge in [-0.25, -0.2) is 14.4 Å². The molecule has 11 nitrogen and oxygen atoms in total. The van der Waals surface area contributed by atoms with Crippen LogP contribution in [-0.4, -0.2) is 80.6 Å². The van der Waals surface area contributed by atoms with Crippen molar-refractivity contribution in [2.45, 2.75) is 109 Å². The molecule has 3 rings (SSSR count). The number of likely N-dealkylation sites (tertiary alicyclic amines) is 1. The summed E-state index contributed by atoms with van der Waals surface area (Å²) in [6.07, 6.45) is 14.4. The molecule has 1 amide bonds. The Bertz CT molecular complexity index is 1200. The molecule has 11 heteroatoms. The second kappa shape index (κ2) is 22.8. The summed E-state index contributed by atoms with van der Waals surface area (Å²) >= 11 is 0. The molecule has 272 valence electrons. The highest BCUT2D eigenvalue weighted by atomic mass is 16.6. The van der Waals surface area contributed by atoms with Crippen molar-refractivity contribution in [1.82, 2.24) is 4.90 Å². The standard InChI is InChI=1S/C38H55NO10/c1-4-35(40)46-26-12-8-6-10-24-44-31-16-14-30(15-17-31)37(42)49-34-19-18-33(28-29(34)3)48-38(43)39-22-20-32(21-23-39)45-25-11-7-9-13-27-47-36(41)5-2/h4-5,18-19,28,30-32H,1-2,6-17,20-27H2,3H3. The number of amides is 1. The largest absolute Gasteiger partial charge is 0.463 e. The number of carbonyl (C=O) groups excluding carboxylic acids is 4. The summed E-state index contributed by atoms with van der Waals surface area (Å²) in [5.74, 6) is -0.287. The molecule has 2 fully saturated rings. The van der Waals surface area contributed by atoms with Crippen LogP contribution >= 0.6 is 0 Å². The number of carbonyl (C=O) groups is 4. The van der Waals surface area contributed by atoms with Gasteiger partial charge in [0.2, 0.25) is 0 Å². The molecule has 0 atom stereocenters. The first-order valence-electron chi connectivity index (χ1n) is 17.9. The van der Waals surface area contributed by atoms with Gasteiger partial charge in [-0.3, -0.25) is 4.79 Å². The molecule has 0 radical (unpaired) electrons. The zero-order valence-electron chi connectivity index (χ0n) is 29.2. The van der Waals surface area contributed by atoms with Gasteiger partial charge in [0.05, 0.1) is 31.3 Å². The lowest BCUT2D eigenvalue weighted by atomic mass is 9.87. The minimum absolute atomic E-state index is 0.126. The number of ether oxygens (including phenoxy) is 6. The van der Waals surface area contributed by atoms with Crippen LogP contribution in [0.5, 0.6) is 11.5 Å². The first-order chi connectivity index (χ1) is 23.8. The van der Waals surface area contributed by atoms with Crippen molar-refractivity contribution in [3.63, 3.8) is 0 Å². The molecule has 49 heavy (non-hydrogen) atoms. The number of rotatable bonds is 21. The first kappa shape index (κ1) is 39.7. The average molecular weight is 686 g/mol. The normalized spacial score (nSPS) is 17.9. The Morgan fingerprint density at radius 2 is 1.20 bits per heavy atom. The second-order valence-electron chi connectivity index (χ2n) is 12.7. The molecule has 1 aromatic carbocycles. The lowest BCUT2D eigenvalue weighted by molar-refractivity contribution is -0.141. The monoisotopic (exact) mass is 685 g/mol. The molecule has 0 aromatic heterocycles. The number of hydrogen-bond donors (Lipinski definition) is 0. The lowest BCUT2D eigenvalue weighted by Crippen LogP contribution is -2.42. The molecule has 0 unspecified atom stereocenters. The highest BCUT2D eigenvalue weighted by molar-refractivity contribution is 5.81. The van der Waals surface area contributed by atoms with Crippen LogP contribution in [0.25, 0.3) is 0 Å². The summed E-state index contributed by atoms with van der Waals surface area (Å²) in [7, 11) is 0. The first-order valence-corrected chi connectivity index (χ1v) is 17.9. The molecular weight excluding hydrogens is 630 g/mol. The average Bonchev–Trinajstić information content (AvgIpc) is 3.11. The van der Waals surface area contributed by atoms with Crippen molar-refractivity contribution in [2.75, 3.05) is 39.5 Å². The fourth-order valence-electron chi connectivity index (χ4n) is 5.91. The molecule has 0 N–H and O–H groups in total. The lowest BCUT2D eigenvalue weighted by Gasteiger charge is -2.31. The number of nitrogens with zero attached hydrogens (tertiary/aromatic N) is 1. The highest BCUT2D eigenvalue weighted by Gasteiger charge is 2.29. The van der Waals surface area contributed by atoms with Crippen molar-refractivity contribution < 1.29 is 47.6 Å². The Balaban J connectivity index is 1.25. The molecule has 1 saturated heterocycles. The van der Waals surface area contributed by atoms with Crippen LogP contribution in [-0.2, 0) is 33.3 Å². The van der Waals surface area contributed by atoms with E-state index in [1.807, 2.05) is 6.92 Å². The van der Waals surface area contributed by atoms with E-state index in [0.717, 1.165) is 95.5 Å². The maximum absolute atomic E-state index is 12.9. The van der Waals surface area contributed by atoms with Crippen molar-refractivity contribution in [1.29, 1.82) is 0 Å². The number of benzene rings is 1. The fourth-order valence-corrected chi connectivity index (χ4v) is 5.91. The molecule has 1 heterocycles. The molecule has 1 aliphatic heterocycles. The minimum atomic E-state index is -0.398. The van der Waals surface area contributed by atoms with Gasteiger partial charge in [-0.05, 0) is 108 Å². The van der Waals surface area contributed by atoms with E-state index in [2.05, 4.69) is 13.2 Å². The molecule has 1 aromatic rings.